The third-order valence-electron chi connectivity index (χ3n) is 3.67. The van der Waals surface area contributed by atoms with Crippen LogP contribution in [0.3, 0.4) is 0 Å². The van der Waals surface area contributed by atoms with Gasteiger partial charge in [-0.1, -0.05) is 18.2 Å². The van der Waals surface area contributed by atoms with E-state index in [2.05, 4.69) is 0 Å². The summed E-state index contributed by atoms with van der Waals surface area (Å²) in [6.45, 7) is 0.0827. The molecule has 3 N–H and O–H groups in total. The zero-order valence-corrected chi connectivity index (χ0v) is 12.6. The number of hydrogen-bond acceptors (Lipinski definition) is 5. The number of carbonyl (C=O) groups excluding carboxylic acids is 2. The Balaban J connectivity index is 0.00000176. The normalized spacial score (nSPS) is 12.3. The molecule has 6 heteroatoms. The lowest BCUT2D eigenvalue weighted by Gasteiger charge is -2.21. The molecule has 2 aromatic carbocycles. The van der Waals surface area contributed by atoms with Crippen LogP contribution in [-0.2, 0) is 6.54 Å². The van der Waals surface area contributed by atoms with Crippen molar-refractivity contribution in [3.63, 3.8) is 0 Å². The van der Waals surface area contributed by atoms with Crippen molar-refractivity contribution in [1.29, 1.82) is 0 Å². The Morgan fingerprint density at radius 2 is 1.73 bits per heavy atom. The highest BCUT2D eigenvalue weighted by Crippen LogP contribution is 2.38. The largest absolute Gasteiger partial charge is 0.507 e. The van der Waals surface area contributed by atoms with Crippen molar-refractivity contribution in [2.75, 3.05) is 7.11 Å². The van der Waals surface area contributed by atoms with Gasteiger partial charge in [-0.15, -0.1) is 12.4 Å². The number of aromatic hydroxyl groups is 1. The molecule has 3 rings (SSSR count). The molecular formula is C16H14ClNO4. The molecule has 22 heavy (non-hydrogen) atoms. The highest BCUT2D eigenvalue weighted by molar-refractivity contribution is 6.30. The van der Waals surface area contributed by atoms with Crippen LogP contribution in [0.25, 0.3) is 0 Å². The highest BCUT2D eigenvalue weighted by Gasteiger charge is 2.34. The van der Waals surface area contributed by atoms with Gasteiger partial charge in [0.1, 0.15) is 11.5 Å². The molecule has 5 nitrogen and oxygen atoms in total. The van der Waals surface area contributed by atoms with Gasteiger partial charge in [0.15, 0.2) is 5.78 Å². The van der Waals surface area contributed by atoms with Crippen LogP contribution >= 0.6 is 12.4 Å². The summed E-state index contributed by atoms with van der Waals surface area (Å²) in [5, 5.41) is 10.2. The molecule has 1 aliphatic carbocycles. The van der Waals surface area contributed by atoms with E-state index in [0.29, 0.717) is 11.3 Å². The minimum Gasteiger partial charge on any atom is -0.507 e. The molecule has 0 aromatic heterocycles. The number of methoxy groups -OCH3 is 1. The van der Waals surface area contributed by atoms with Gasteiger partial charge < -0.3 is 15.6 Å². The number of carbonyl (C=O) groups is 2. The summed E-state index contributed by atoms with van der Waals surface area (Å²) < 4.78 is 5.16. The lowest BCUT2D eigenvalue weighted by atomic mass is 9.82. The van der Waals surface area contributed by atoms with E-state index in [1.807, 2.05) is 0 Å². The monoisotopic (exact) mass is 319 g/mol. The number of ether oxygens (including phenoxy) is 1. The Morgan fingerprint density at radius 3 is 2.36 bits per heavy atom. The van der Waals surface area contributed by atoms with Gasteiger partial charge >= 0.3 is 0 Å². The third-order valence-corrected chi connectivity index (χ3v) is 3.67. The topological polar surface area (TPSA) is 89.6 Å². The molecule has 0 fully saturated rings. The first-order valence-corrected chi connectivity index (χ1v) is 6.41. The maximum absolute atomic E-state index is 12.7. The van der Waals surface area contributed by atoms with Crippen molar-refractivity contribution < 1.29 is 19.4 Å². The SMILES string of the molecule is COc1cccc2c1C(=O)c1c(ccc(CN)c1O)C2=O.Cl. The second-order valence-electron chi connectivity index (χ2n) is 4.74. The van der Waals surface area contributed by atoms with E-state index < -0.39 is 5.78 Å². The predicted octanol–water partition coefficient (Wildman–Crippen LogP) is 2.06. The first-order valence-electron chi connectivity index (χ1n) is 6.41. The Labute approximate surface area is 133 Å². The van der Waals surface area contributed by atoms with Gasteiger partial charge in [0.05, 0.1) is 18.2 Å². The van der Waals surface area contributed by atoms with E-state index in [0.717, 1.165) is 0 Å². The highest BCUT2D eigenvalue weighted by atomic mass is 35.5. The van der Waals surface area contributed by atoms with E-state index in [1.54, 1.807) is 24.3 Å². The zero-order chi connectivity index (χ0) is 15.1. The number of ketones is 2. The summed E-state index contributed by atoms with van der Waals surface area (Å²) in [7, 11) is 1.43. The summed E-state index contributed by atoms with van der Waals surface area (Å²) in [5.41, 5.74) is 6.61. The molecule has 0 saturated carbocycles. The standard InChI is InChI=1S/C16H13NO4.ClH/c1-21-11-4-2-3-9-12(11)16(20)13-10(15(9)19)6-5-8(7-17)14(13)18;/h2-6,18H,7,17H2,1H3;1H. The zero-order valence-electron chi connectivity index (χ0n) is 11.8. The van der Waals surface area contributed by atoms with Gasteiger partial charge in [-0.25, -0.2) is 0 Å². The predicted molar refractivity (Wildman–Crippen MR) is 83.1 cm³/mol. The fourth-order valence-electron chi connectivity index (χ4n) is 2.61. The Kier molecular flexibility index (Phi) is 4.21. The Morgan fingerprint density at radius 1 is 1.05 bits per heavy atom. The first-order chi connectivity index (χ1) is 10.1. The molecule has 0 spiro atoms. The van der Waals surface area contributed by atoms with Crippen molar-refractivity contribution in [1.82, 2.24) is 0 Å². The fourth-order valence-corrected chi connectivity index (χ4v) is 2.61. The summed E-state index contributed by atoms with van der Waals surface area (Å²) in [6.07, 6.45) is 0. The van der Waals surface area contributed by atoms with Gasteiger partial charge in [0.25, 0.3) is 0 Å². The van der Waals surface area contributed by atoms with E-state index in [1.165, 1.54) is 13.2 Å². The van der Waals surface area contributed by atoms with Gasteiger partial charge in [0.2, 0.25) is 5.78 Å². The van der Waals surface area contributed by atoms with Crippen molar-refractivity contribution >= 4 is 24.0 Å². The molecule has 114 valence electrons. The van der Waals surface area contributed by atoms with E-state index in [4.69, 9.17) is 10.5 Å². The summed E-state index contributed by atoms with van der Waals surface area (Å²) >= 11 is 0. The van der Waals surface area contributed by atoms with Crippen LogP contribution in [-0.4, -0.2) is 23.8 Å². The van der Waals surface area contributed by atoms with Crippen LogP contribution in [0.15, 0.2) is 30.3 Å². The van der Waals surface area contributed by atoms with Gasteiger partial charge in [0, 0.05) is 23.2 Å². The Hall–Kier alpha value is -2.37. The molecule has 0 bridgehead atoms. The number of nitrogens with two attached hydrogens (primary N) is 1. The molecule has 0 saturated heterocycles. The van der Waals surface area contributed by atoms with Crippen LogP contribution in [0.5, 0.6) is 11.5 Å². The smallest absolute Gasteiger partial charge is 0.201 e. The average molecular weight is 320 g/mol. The number of phenolic OH excluding ortho intramolecular Hbond substituents is 1. The van der Waals surface area contributed by atoms with Crippen molar-refractivity contribution in [3.05, 3.63) is 58.1 Å². The molecule has 0 heterocycles. The van der Waals surface area contributed by atoms with Crippen LogP contribution in [0.2, 0.25) is 0 Å². The van der Waals surface area contributed by atoms with Crippen LogP contribution < -0.4 is 10.5 Å². The Bertz CT molecular complexity index is 786. The maximum atomic E-state index is 12.7. The summed E-state index contributed by atoms with van der Waals surface area (Å²) in [4.78, 5) is 25.2. The number of rotatable bonds is 2. The number of hydrogen-bond donors (Lipinski definition) is 2. The van der Waals surface area contributed by atoms with Gasteiger partial charge in [-0.3, -0.25) is 9.59 Å². The maximum Gasteiger partial charge on any atom is 0.201 e. The summed E-state index contributed by atoms with van der Waals surface area (Å²) in [5.74, 6) is -0.652. The quantitative estimate of drug-likeness (QED) is 0.754. The molecule has 0 atom stereocenters. The lowest BCUT2D eigenvalue weighted by molar-refractivity contribution is 0.0974. The van der Waals surface area contributed by atoms with E-state index >= 15 is 0 Å². The lowest BCUT2D eigenvalue weighted by Crippen LogP contribution is -2.22. The van der Waals surface area contributed by atoms with Crippen molar-refractivity contribution in [3.8, 4) is 11.5 Å². The molecule has 0 unspecified atom stereocenters. The number of fused-ring (bicyclic) bond motifs is 2. The average Bonchev–Trinajstić information content (AvgIpc) is 2.51. The van der Waals surface area contributed by atoms with Crippen molar-refractivity contribution in [2.45, 2.75) is 6.54 Å². The van der Waals surface area contributed by atoms with Crippen molar-refractivity contribution in [2.24, 2.45) is 5.73 Å². The molecule has 0 amide bonds. The number of benzene rings is 2. The molecule has 0 radical (unpaired) electrons. The molecule has 2 aromatic rings. The van der Waals surface area contributed by atoms with Gasteiger partial charge in [-0.2, -0.15) is 0 Å². The number of halogens is 1. The first kappa shape index (κ1) is 16.0. The minimum absolute atomic E-state index is 0. The summed E-state index contributed by atoms with van der Waals surface area (Å²) in [6, 6.07) is 7.93. The molecule has 0 aliphatic heterocycles. The second-order valence-corrected chi connectivity index (χ2v) is 4.74. The van der Waals surface area contributed by atoms with E-state index in [-0.39, 0.29) is 52.7 Å². The molecule has 1 aliphatic rings. The number of phenols is 1. The van der Waals surface area contributed by atoms with Crippen LogP contribution in [0.4, 0.5) is 0 Å². The third kappa shape index (κ3) is 2.06. The van der Waals surface area contributed by atoms with Gasteiger partial charge in [-0.05, 0) is 12.1 Å². The second kappa shape index (κ2) is 5.79. The molecular weight excluding hydrogens is 306 g/mol. The van der Waals surface area contributed by atoms with Crippen LogP contribution in [0.1, 0.15) is 37.4 Å². The fraction of sp³-hybridized carbons (Fsp3) is 0.125. The van der Waals surface area contributed by atoms with Crippen LogP contribution in [0, 0.1) is 0 Å². The van der Waals surface area contributed by atoms with E-state index in [9.17, 15) is 14.7 Å². The minimum atomic E-state index is -0.426.